The Labute approximate surface area is 124 Å². The fourth-order valence-corrected chi connectivity index (χ4v) is 3.14. The van der Waals surface area contributed by atoms with Crippen LogP contribution in [0.25, 0.3) is 0 Å². The SMILES string of the molecule is CN(C(=O)c1csc(CN)n1)C1CCCCCC1.Cl. The molecular weight excluding hydrogens is 282 g/mol. The summed E-state index contributed by atoms with van der Waals surface area (Å²) in [5.41, 5.74) is 6.07. The molecule has 0 saturated heterocycles. The highest BCUT2D eigenvalue weighted by molar-refractivity contribution is 7.09. The molecule has 1 aromatic rings. The maximum Gasteiger partial charge on any atom is 0.273 e. The Hall–Kier alpha value is -0.650. The first-order valence-corrected chi connectivity index (χ1v) is 7.52. The molecule has 1 aliphatic carbocycles. The van der Waals surface area contributed by atoms with Crippen LogP contribution in [0.15, 0.2) is 5.38 Å². The number of hydrogen-bond acceptors (Lipinski definition) is 4. The van der Waals surface area contributed by atoms with Gasteiger partial charge >= 0.3 is 0 Å². The summed E-state index contributed by atoms with van der Waals surface area (Å²) in [6, 6.07) is 0.378. The minimum atomic E-state index is 0. The van der Waals surface area contributed by atoms with Crippen LogP contribution in [0, 0.1) is 0 Å². The summed E-state index contributed by atoms with van der Waals surface area (Å²) in [7, 11) is 1.90. The van der Waals surface area contributed by atoms with Gasteiger partial charge in [-0.1, -0.05) is 25.7 Å². The summed E-state index contributed by atoms with van der Waals surface area (Å²) in [5.74, 6) is 0.0397. The number of carbonyl (C=O) groups is 1. The van der Waals surface area contributed by atoms with Crippen molar-refractivity contribution in [2.75, 3.05) is 7.05 Å². The van der Waals surface area contributed by atoms with Crippen molar-refractivity contribution in [3.05, 3.63) is 16.1 Å². The van der Waals surface area contributed by atoms with E-state index in [0.717, 1.165) is 17.8 Å². The van der Waals surface area contributed by atoms with Crippen molar-refractivity contribution in [1.29, 1.82) is 0 Å². The summed E-state index contributed by atoms with van der Waals surface area (Å²) in [4.78, 5) is 18.5. The van der Waals surface area contributed by atoms with Crippen molar-refractivity contribution in [2.45, 2.75) is 51.1 Å². The molecule has 1 aromatic heterocycles. The minimum absolute atomic E-state index is 0. The Balaban J connectivity index is 0.00000180. The smallest absolute Gasteiger partial charge is 0.273 e. The van der Waals surface area contributed by atoms with E-state index < -0.39 is 0 Å². The second-order valence-corrected chi connectivity index (χ2v) is 5.83. The Bertz CT molecular complexity index is 402. The number of halogens is 1. The molecule has 2 rings (SSSR count). The predicted molar refractivity (Wildman–Crippen MR) is 80.8 cm³/mol. The van der Waals surface area contributed by atoms with E-state index in [-0.39, 0.29) is 18.3 Å². The summed E-state index contributed by atoms with van der Waals surface area (Å²) in [6.07, 6.45) is 7.30. The van der Waals surface area contributed by atoms with E-state index >= 15 is 0 Å². The van der Waals surface area contributed by atoms with E-state index in [4.69, 9.17) is 5.73 Å². The van der Waals surface area contributed by atoms with Crippen LogP contribution in [0.5, 0.6) is 0 Å². The first-order valence-electron chi connectivity index (χ1n) is 6.64. The Morgan fingerprint density at radius 3 is 2.58 bits per heavy atom. The molecule has 0 aromatic carbocycles. The second kappa shape index (κ2) is 7.82. The van der Waals surface area contributed by atoms with Gasteiger partial charge in [0.15, 0.2) is 0 Å². The molecule has 108 valence electrons. The number of carbonyl (C=O) groups excluding carboxylic acids is 1. The van der Waals surface area contributed by atoms with E-state index in [1.54, 1.807) is 0 Å². The summed E-state index contributed by atoms with van der Waals surface area (Å²) < 4.78 is 0. The Kier molecular flexibility index (Phi) is 6.75. The van der Waals surface area contributed by atoms with Gasteiger partial charge in [-0.15, -0.1) is 23.7 Å². The van der Waals surface area contributed by atoms with Crippen molar-refractivity contribution < 1.29 is 4.79 Å². The van der Waals surface area contributed by atoms with Gasteiger partial charge in [0, 0.05) is 25.0 Å². The third kappa shape index (κ3) is 4.16. The lowest BCUT2D eigenvalue weighted by molar-refractivity contribution is 0.0712. The number of aromatic nitrogens is 1. The molecular formula is C13H22ClN3OS. The van der Waals surface area contributed by atoms with Gasteiger partial charge in [0.05, 0.1) is 0 Å². The van der Waals surface area contributed by atoms with Crippen molar-refractivity contribution in [3.63, 3.8) is 0 Å². The van der Waals surface area contributed by atoms with Gasteiger partial charge in [0.2, 0.25) is 0 Å². The van der Waals surface area contributed by atoms with E-state index in [1.165, 1.54) is 37.0 Å². The standard InChI is InChI=1S/C13H21N3OS.ClH/c1-16(10-6-4-2-3-5-7-10)13(17)11-9-18-12(8-14)15-11;/h9-10H,2-8,14H2,1H3;1H. The minimum Gasteiger partial charge on any atom is -0.337 e. The molecule has 0 unspecified atom stereocenters. The Morgan fingerprint density at radius 2 is 2.05 bits per heavy atom. The zero-order valence-electron chi connectivity index (χ0n) is 11.3. The molecule has 1 aliphatic rings. The topological polar surface area (TPSA) is 59.2 Å². The quantitative estimate of drug-likeness (QED) is 0.874. The van der Waals surface area contributed by atoms with Crippen molar-refractivity contribution in [2.24, 2.45) is 5.73 Å². The first-order chi connectivity index (χ1) is 8.72. The molecule has 0 spiro atoms. The van der Waals surface area contributed by atoms with Crippen LogP contribution in [0.1, 0.15) is 54.0 Å². The van der Waals surface area contributed by atoms with Gasteiger partial charge in [-0.2, -0.15) is 0 Å². The second-order valence-electron chi connectivity index (χ2n) is 4.89. The third-order valence-electron chi connectivity index (χ3n) is 3.64. The van der Waals surface area contributed by atoms with Crippen LogP contribution in [0.4, 0.5) is 0 Å². The van der Waals surface area contributed by atoms with Gasteiger partial charge in [0.1, 0.15) is 10.7 Å². The normalized spacial score (nSPS) is 16.5. The number of nitrogens with zero attached hydrogens (tertiary/aromatic N) is 2. The number of thiazole rings is 1. The zero-order valence-corrected chi connectivity index (χ0v) is 12.9. The third-order valence-corrected chi connectivity index (χ3v) is 4.51. The molecule has 6 heteroatoms. The van der Waals surface area contributed by atoms with E-state index in [2.05, 4.69) is 4.98 Å². The van der Waals surface area contributed by atoms with Crippen LogP contribution < -0.4 is 5.73 Å². The van der Waals surface area contributed by atoms with Crippen molar-refractivity contribution in [1.82, 2.24) is 9.88 Å². The van der Waals surface area contributed by atoms with Crippen molar-refractivity contribution >= 4 is 29.7 Å². The van der Waals surface area contributed by atoms with Gasteiger partial charge in [0.25, 0.3) is 5.91 Å². The van der Waals surface area contributed by atoms with Crippen LogP contribution in [0.2, 0.25) is 0 Å². The number of amides is 1. The molecule has 19 heavy (non-hydrogen) atoms. The summed E-state index contributed by atoms with van der Waals surface area (Å²) in [5, 5.41) is 2.64. The highest BCUT2D eigenvalue weighted by Gasteiger charge is 2.23. The van der Waals surface area contributed by atoms with Gasteiger partial charge < -0.3 is 10.6 Å². The highest BCUT2D eigenvalue weighted by atomic mass is 35.5. The average molecular weight is 304 g/mol. The molecule has 0 radical (unpaired) electrons. The van der Waals surface area contributed by atoms with Gasteiger partial charge in [-0.25, -0.2) is 4.98 Å². The zero-order chi connectivity index (χ0) is 13.0. The van der Waals surface area contributed by atoms with E-state index in [1.807, 2.05) is 17.3 Å². The largest absolute Gasteiger partial charge is 0.337 e. The molecule has 4 nitrogen and oxygen atoms in total. The van der Waals surface area contributed by atoms with Crippen LogP contribution in [-0.4, -0.2) is 28.9 Å². The van der Waals surface area contributed by atoms with Crippen LogP contribution in [0.3, 0.4) is 0 Å². The molecule has 0 aliphatic heterocycles. The molecule has 1 heterocycles. The van der Waals surface area contributed by atoms with Crippen LogP contribution >= 0.6 is 23.7 Å². The van der Waals surface area contributed by atoms with E-state index in [9.17, 15) is 4.79 Å². The lowest BCUT2D eigenvalue weighted by Gasteiger charge is -2.26. The number of hydrogen-bond donors (Lipinski definition) is 1. The maximum atomic E-state index is 12.3. The number of rotatable bonds is 3. The number of nitrogens with two attached hydrogens (primary N) is 1. The fourth-order valence-electron chi connectivity index (χ4n) is 2.49. The Morgan fingerprint density at radius 1 is 1.42 bits per heavy atom. The average Bonchev–Trinajstić information content (AvgIpc) is 2.71. The molecule has 1 amide bonds. The summed E-state index contributed by atoms with van der Waals surface area (Å²) >= 11 is 1.46. The maximum absolute atomic E-state index is 12.3. The monoisotopic (exact) mass is 303 g/mol. The molecule has 1 saturated carbocycles. The molecule has 2 N–H and O–H groups in total. The fraction of sp³-hybridized carbons (Fsp3) is 0.692. The highest BCUT2D eigenvalue weighted by Crippen LogP contribution is 2.22. The molecule has 0 bridgehead atoms. The summed E-state index contributed by atoms with van der Waals surface area (Å²) in [6.45, 7) is 0.408. The van der Waals surface area contributed by atoms with Gasteiger partial charge in [-0.05, 0) is 12.8 Å². The predicted octanol–water partition coefficient (Wildman–Crippen LogP) is 2.82. The van der Waals surface area contributed by atoms with Crippen LogP contribution in [-0.2, 0) is 6.54 Å². The lowest BCUT2D eigenvalue weighted by Crippen LogP contribution is -2.36. The van der Waals surface area contributed by atoms with Crippen molar-refractivity contribution in [3.8, 4) is 0 Å². The lowest BCUT2D eigenvalue weighted by atomic mass is 10.1. The van der Waals surface area contributed by atoms with Gasteiger partial charge in [-0.3, -0.25) is 4.79 Å². The molecule has 1 fully saturated rings. The molecule has 0 atom stereocenters. The first kappa shape index (κ1) is 16.4. The van der Waals surface area contributed by atoms with E-state index in [0.29, 0.717) is 18.3 Å².